The van der Waals surface area contributed by atoms with Crippen molar-refractivity contribution < 1.29 is 114 Å². The normalized spacial score (nSPS) is 11.9. The van der Waals surface area contributed by atoms with Gasteiger partial charge in [0.25, 0.3) is 0 Å². The van der Waals surface area contributed by atoms with E-state index in [4.69, 9.17) is 114 Å². The Balaban J connectivity index is 3.88. The van der Waals surface area contributed by atoms with Crippen LogP contribution in [0.5, 0.6) is 0 Å². The molecule has 0 aromatic carbocycles. The maximum atomic E-state index is 8.65. The molecule has 0 heterocycles. The van der Waals surface area contributed by atoms with Gasteiger partial charge in [0, 0.05) is 19.7 Å². The minimum absolute atomic E-state index is 0.0192. The van der Waals surface area contributed by atoms with Gasteiger partial charge in [-0.2, -0.15) is 0 Å². The fourth-order valence-corrected chi connectivity index (χ4v) is 8.89. The van der Waals surface area contributed by atoms with Crippen LogP contribution in [0.1, 0.15) is 129 Å². The molecule has 0 atom stereocenters. The van der Waals surface area contributed by atoms with Crippen molar-refractivity contribution in [2.45, 2.75) is 129 Å². The second-order valence-electron chi connectivity index (χ2n) is 22.1. The number of aliphatic hydroxyl groups is 2. The van der Waals surface area contributed by atoms with E-state index in [9.17, 15) is 0 Å². The Bertz CT molecular complexity index is 1300. The topological polar surface area (TPSA) is 247 Å². The third kappa shape index (κ3) is 87.1. The van der Waals surface area contributed by atoms with E-state index in [0.29, 0.717) is 291 Å². The van der Waals surface area contributed by atoms with E-state index in [2.05, 4.69) is 11.8 Å². The maximum Gasteiger partial charge on any atom is 0.0701 e. The summed E-state index contributed by atoms with van der Waals surface area (Å²) in [5.74, 6) is 0. The first-order valence-corrected chi connectivity index (χ1v) is 36.5. The minimum atomic E-state index is 0.0192. The average molecular weight is 1370 g/mol. The third-order valence-corrected chi connectivity index (χ3v) is 14.1. The standard InChI is InChI=1S/C69H141NO24/c1-2-3-4-5-6-7-8-9-10-11-12-13-14-15-16-17-18-19-21-70(22-20-26-73-30-34-77-38-42-81-46-50-85-54-58-89-62-64-91-60-56-87-52-48-83-44-40-79-36-32-75-28-24-71)23-27-74-31-35-78-39-43-82-47-51-86-55-59-90-63-66-93-68-69-94-67-65-92-61-57-88-53-49-84-45-41-80-37-33-76-29-25-72/h71-72H,2-69H2,1H3. The van der Waals surface area contributed by atoms with Crippen molar-refractivity contribution in [1.29, 1.82) is 0 Å². The Morgan fingerprint density at radius 3 is 0.489 bits per heavy atom. The summed E-state index contributed by atoms with van der Waals surface area (Å²) in [4.78, 5) is 2.52. The van der Waals surface area contributed by atoms with Crippen LogP contribution in [-0.4, -0.2) is 339 Å². The molecule has 0 saturated carbocycles. The smallest absolute Gasteiger partial charge is 0.0701 e. The summed E-state index contributed by atoms with van der Waals surface area (Å²) in [6.45, 7) is 27.4. The van der Waals surface area contributed by atoms with Crippen molar-refractivity contribution in [3.05, 3.63) is 0 Å². The molecule has 25 nitrogen and oxygen atoms in total. The molecule has 0 spiro atoms. The lowest BCUT2D eigenvalue weighted by Gasteiger charge is -2.22. The van der Waals surface area contributed by atoms with Crippen molar-refractivity contribution in [3.8, 4) is 0 Å². The molecule has 0 bridgehead atoms. The van der Waals surface area contributed by atoms with Gasteiger partial charge in [-0.1, -0.05) is 116 Å². The number of hydrogen-bond acceptors (Lipinski definition) is 25. The van der Waals surface area contributed by atoms with Gasteiger partial charge in [-0.25, -0.2) is 0 Å². The van der Waals surface area contributed by atoms with Crippen LogP contribution in [0.3, 0.4) is 0 Å². The lowest BCUT2D eigenvalue weighted by Crippen LogP contribution is -2.31. The molecule has 0 radical (unpaired) electrons. The van der Waals surface area contributed by atoms with Crippen LogP contribution in [0.2, 0.25) is 0 Å². The molecule has 0 aromatic rings. The summed E-state index contributed by atoms with van der Waals surface area (Å²) in [5.41, 5.74) is 0. The van der Waals surface area contributed by atoms with Crippen LogP contribution in [-0.2, 0) is 104 Å². The maximum absolute atomic E-state index is 8.65. The number of aliphatic hydroxyl groups excluding tert-OH is 2. The van der Waals surface area contributed by atoms with Crippen molar-refractivity contribution in [2.75, 3.05) is 324 Å². The first-order chi connectivity index (χ1) is 46.8. The lowest BCUT2D eigenvalue weighted by atomic mass is 10.0. The van der Waals surface area contributed by atoms with Gasteiger partial charge in [0.15, 0.2) is 0 Å². The number of nitrogens with zero attached hydrogens (tertiary/aromatic N) is 1. The van der Waals surface area contributed by atoms with Crippen molar-refractivity contribution in [3.63, 3.8) is 0 Å². The minimum Gasteiger partial charge on any atom is -0.394 e. The van der Waals surface area contributed by atoms with E-state index in [-0.39, 0.29) is 13.2 Å². The van der Waals surface area contributed by atoms with E-state index >= 15 is 0 Å². The van der Waals surface area contributed by atoms with Gasteiger partial charge >= 0.3 is 0 Å². The highest BCUT2D eigenvalue weighted by atomic mass is 16.6. The number of rotatable bonds is 90. The Morgan fingerprint density at radius 1 is 0.149 bits per heavy atom. The molecule has 0 aliphatic carbocycles. The molecule has 0 rings (SSSR count). The van der Waals surface area contributed by atoms with Crippen LogP contribution in [0.4, 0.5) is 0 Å². The van der Waals surface area contributed by atoms with Gasteiger partial charge in [0.1, 0.15) is 0 Å². The van der Waals surface area contributed by atoms with Gasteiger partial charge in [-0.3, -0.25) is 0 Å². The van der Waals surface area contributed by atoms with Crippen molar-refractivity contribution in [1.82, 2.24) is 4.90 Å². The molecule has 0 unspecified atom stereocenters. The van der Waals surface area contributed by atoms with Crippen LogP contribution in [0.15, 0.2) is 0 Å². The quantitative estimate of drug-likeness (QED) is 0.0578. The van der Waals surface area contributed by atoms with Gasteiger partial charge < -0.3 is 119 Å². The zero-order chi connectivity index (χ0) is 67.2. The SMILES string of the molecule is CCCCCCCCCCCCCCCCCCCCN(CCCOCCOCCOCCOCCOCCOCCOCCOCCOCCOCCO)CCOCCOCCOCCOCCOCCOCCOCCOCCOCCOCCOCCOCCO. The number of unbranched alkanes of at least 4 members (excludes halogenated alkanes) is 17. The summed E-state index contributed by atoms with van der Waals surface area (Å²) >= 11 is 0. The summed E-state index contributed by atoms with van der Waals surface area (Å²) in [7, 11) is 0. The Morgan fingerprint density at radius 2 is 0.298 bits per heavy atom. The number of hydrogen-bond donors (Lipinski definition) is 2. The zero-order valence-corrected chi connectivity index (χ0v) is 59.4. The van der Waals surface area contributed by atoms with Gasteiger partial charge in [-0.15, -0.1) is 0 Å². The molecule has 0 aliphatic heterocycles. The predicted molar refractivity (Wildman–Crippen MR) is 362 cm³/mol. The molecule has 0 saturated heterocycles. The summed E-state index contributed by atoms with van der Waals surface area (Å²) in [6, 6.07) is 0. The Hall–Kier alpha value is -1.00. The molecule has 94 heavy (non-hydrogen) atoms. The largest absolute Gasteiger partial charge is 0.394 e. The van der Waals surface area contributed by atoms with E-state index in [1.807, 2.05) is 0 Å². The third-order valence-electron chi connectivity index (χ3n) is 14.1. The molecule has 0 aromatic heterocycles. The molecule has 0 amide bonds. The predicted octanol–water partition coefficient (Wildman–Crippen LogP) is 7.07. The highest BCUT2D eigenvalue weighted by Gasteiger charge is 2.07. The van der Waals surface area contributed by atoms with E-state index in [0.717, 1.165) is 26.1 Å². The van der Waals surface area contributed by atoms with Crippen molar-refractivity contribution >= 4 is 0 Å². The highest BCUT2D eigenvalue weighted by molar-refractivity contribution is 4.60. The average Bonchev–Trinajstić information content (AvgIpc) is 3.72. The van der Waals surface area contributed by atoms with Gasteiger partial charge in [0.05, 0.1) is 297 Å². The van der Waals surface area contributed by atoms with Crippen LogP contribution >= 0.6 is 0 Å². The molecular formula is C69H141NO24. The van der Waals surface area contributed by atoms with Gasteiger partial charge in [-0.05, 0) is 19.4 Å². The first-order valence-electron chi connectivity index (χ1n) is 36.5. The molecule has 0 aliphatic rings. The van der Waals surface area contributed by atoms with E-state index < -0.39 is 0 Å². The summed E-state index contributed by atoms with van der Waals surface area (Å²) in [6.07, 6.45) is 25.8. The first kappa shape index (κ1) is 93.0. The van der Waals surface area contributed by atoms with Crippen LogP contribution < -0.4 is 0 Å². The Labute approximate surface area is 569 Å². The van der Waals surface area contributed by atoms with E-state index in [1.165, 1.54) is 116 Å². The summed E-state index contributed by atoms with van der Waals surface area (Å²) < 4.78 is 122. The molecule has 566 valence electrons. The molecule has 0 fully saturated rings. The lowest BCUT2D eigenvalue weighted by molar-refractivity contribution is -0.0287. The van der Waals surface area contributed by atoms with Gasteiger partial charge in [0.2, 0.25) is 0 Å². The van der Waals surface area contributed by atoms with E-state index in [1.54, 1.807) is 0 Å². The fourth-order valence-electron chi connectivity index (χ4n) is 8.89. The highest BCUT2D eigenvalue weighted by Crippen LogP contribution is 2.15. The van der Waals surface area contributed by atoms with Crippen LogP contribution in [0.25, 0.3) is 0 Å². The monoisotopic (exact) mass is 1370 g/mol. The summed E-state index contributed by atoms with van der Waals surface area (Å²) in [5, 5.41) is 17.3. The number of ether oxygens (including phenoxy) is 22. The van der Waals surface area contributed by atoms with Crippen LogP contribution in [0, 0.1) is 0 Å². The second-order valence-corrected chi connectivity index (χ2v) is 22.1. The second kappa shape index (κ2) is 90.0. The van der Waals surface area contributed by atoms with Crippen molar-refractivity contribution in [2.24, 2.45) is 0 Å². The molecule has 25 heteroatoms. The molecule has 2 N–H and O–H groups in total. The zero-order valence-electron chi connectivity index (χ0n) is 59.4. The molecular weight excluding hydrogens is 1230 g/mol. The fraction of sp³-hybridized carbons (Fsp3) is 1.00. The Kier molecular flexibility index (Phi) is 89.1.